The van der Waals surface area contributed by atoms with E-state index in [1.165, 1.54) is 24.8 Å². The summed E-state index contributed by atoms with van der Waals surface area (Å²) in [6, 6.07) is 5.07. The van der Waals surface area contributed by atoms with E-state index in [9.17, 15) is 18.0 Å². The van der Waals surface area contributed by atoms with Crippen molar-refractivity contribution in [1.29, 1.82) is 0 Å². The number of amides is 1. The van der Waals surface area contributed by atoms with Crippen LogP contribution in [0.3, 0.4) is 0 Å². The predicted molar refractivity (Wildman–Crippen MR) is 72.6 cm³/mol. The molecule has 0 aliphatic heterocycles. The number of hydrazine groups is 1. The topological polar surface area (TPSA) is 66.9 Å². The van der Waals surface area contributed by atoms with Gasteiger partial charge in [0.2, 0.25) is 0 Å². The van der Waals surface area contributed by atoms with E-state index in [1.807, 2.05) is 0 Å². The van der Waals surface area contributed by atoms with Gasteiger partial charge in [0.25, 0.3) is 5.91 Å². The van der Waals surface area contributed by atoms with Crippen LogP contribution in [0.1, 0.15) is 21.5 Å². The summed E-state index contributed by atoms with van der Waals surface area (Å²) in [5.41, 5.74) is 5.21. The van der Waals surface area contributed by atoms with E-state index in [0.29, 0.717) is 18.5 Å². The molecule has 0 radical (unpaired) electrons. The molecule has 0 unspecified atom stereocenters. The zero-order chi connectivity index (χ0) is 16.0. The average molecular weight is 310 g/mol. The molecule has 0 atom stereocenters. The first-order chi connectivity index (χ1) is 10.5. The van der Waals surface area contributed by atoms with E-state index in [1.54, 1.807) is 6.07 Å². The number of hydrogen-bond acceptors (Lipinski definition) is 4. The molecule has 0 aliphatic rings. The van der Waals surface area contributed by atoms with Gasteiger partial charge in [-0.05, 0) is 18.1 Å². The number of rotatable bonds is 5. The molecule has 0 fully saturated rings. The Balaban J connectivity index is 1.81. The summed E-state index contributed by atoms with van der Waals surface area (Å²) in [7, 11) is 0. The molecule has 2 rings (SSSR count). The van der Waals surface area contributed by atoms with Crippen molar-refractivity contribution < 1.29 is 18.0 Å². The number of nitrogens with one attached hydrogen (secondary N) is 2. The Morgan fingerprint density at radius 1 is 1.18 bits per heavy atom. The summed E-state index contributed by atoms with van der Waals surface area (Å²) in [5.74, 6) is -0.412. The number of carbonyl (C=O) groups excluding carboxylic acids is 1. The van der Waals surface area contributed by atoms with Gasteiger partial charge in [0.05, 0.1) is 11.1 Å². The van der Waals surface area contributed by atoms with E-state index >= 15 is 0 Å². The highest BCUT2D eigenvalue weighted by Gasteiger charge is 2.30. The molecule has 1 amide bonds. The SMILES string of the molecule is O=C(NNCCc1cccc(C(F)(F)F)c1)c1cncnc1. The van der Waals surface area contributed by atoms with Gasteiger partial charge in [0.15, 0.2) is 0 Å². The van der Waals surface area contributed by atoms with E-state index in [0.717, 1.165) is 12.1 Å². The fraction of sp³-hybridized carbons (Fsp3) is 0.214. The van der Waals surface area contributed by atoms with Gasteiger partial charge in [-0.3, -0.25) is 10.2 Å². The minimum atomic E-state index is -4.36. The van der Waals surface area contributed by atoms with Crippen molar-refractivity contribution in [2.24, 2.45) is 0 Å². The number of nitrogens with zero attached hydrogens (tertiary/aromatic N) is 2. The molecular formula is C14H13F3N4O. The van der Waals surface area contributed by atoms with E-state index in [2.05, 4.69) is 20.8 Å². The molecule has 2 N–H and O–H groups in total. The van der Waals surface area contributed by atoms with E-state index in [-0.39, 0.29) is 5.56 Å². The molecule has 1 heterocycles. The van der Waals surface area contributed by atoms with Crippen LogP contribution in [0.4, 0.5) is 13.2 Å². The van der Waals surface area contributed by atoms with Crippen LogP contribution >= 0.6 is 0 Å². The Bertz CT molecular complexity index is 631. The standard InChI is InChI=1S/C14H13F3N4O/c15-14(16,17)12-3-1-2-10(6-12)4-5-20-21-13(22)11-7-18-9-19-8-11/h1-3,6-9,20H,4-5H2,(H,21,22). The molecule has 2 aromatic rings. The number of alkyl halides is 3. The van der Waals surface area contributed by atoms with Crippen LogP contribution < -0.4 is 10.9 Å². The highest BCUT2D eigenvalue weighted by molar-refractivity contribution is 5.93. The van der Waals surface area contributed by atoms with Crippen molar-refractivity contribution in [1.82, 2.24) is 20.8 Å². The van der Waals surface area contributed by atoms with Gasteiger partial charge in [-0.15, -0.1) is 0 Å². The van der Waals surface area contributed by atoms with Crippen molar-refractivity contribution >= 4 is 5.91 Å². The van der Waals surface area contributed by atoms with Gasteiger partial charge >= 0.3 is 6.18 Å². The first kappa shape index (κ1) is 15.9. The normalized spacial score (nSPS) is 11.2. The summed E-state index contributed by atoms with van der Waals surface area (Å²) >= 11 is 0. The molecule has 0 aliphatic carbocycles. The van der Waals surface area contributed by atoms with Gasteiger partial charge < -0.3 is 0 Å². The minimum absolute atomic E-state index is 0.286. The second kappa shape index (κ2) is 6.99. The third-order valence-electron chi connectivity index (χ3n) is 2.82. The van der Waals surface area contributed by atoms with E-state index in [4.69, 9.17) is 0 Å². The lowest BCUT2D eigenvalue weighted by Gasteiger charge is -2.10. The number of halogens is 3. The number of carbonyl (C=O) groups is 1. The lowest BCUT2D eigenvalue weighted by molar-refractivity contribution is -0.137. The average Bonchev–Trinajstić information content (AvgIpc) is 2.52. The number of hydrogen-bond donors (Lipinski definition) is 2. The maximum Gasteiger partial charge on any atom is 0.416 e. The summed E-state index contributed by atoms with van der Waals surface area (Å²) in [6.07, 6.45) is 0.00589. The lowest BCUT2D eigenvalue weighted by Crippen LogP contribution is -2.38. The molecule has 8 heteroatoms. The van der Waals surface area contributed by atoms with Crippen molar-refractivity contribution in [2.75, 3.05) is 6.54 Å². The van der Waals surface area contributed by atoms with Gasteiger partial charge in [-0.25, -0.2) is 15.4 Å². The molecule has 1 aromatic carbocycles. The van der Waals surface area contributed by atoms with Crippen LogP contribution in [0, 0.1) is 0 Å². The Morgan fingerprint density at radius 3 is 2.59 bits per heavy atom. The Hall–Kier alpha value is -2.48. The fourth-order valence-electron chi connectivity index (χ4n) is 1.74. The molecule has 1 aromatic heterocycles. The fourth-order valence-corrected chi connectivity index (χ4v) is 1.74. The van der Waals surface area contributed by atoms with Crippen LogP contribution in [0.5, 0.6) is 0 Å². The maximum atomic E-state index is 12.6. The van der Waals surface area contributed by atoms with Gasteiger partial charge in [-0.1, -0.05) is 18.2 Å². The number of aromatic nitrogens is 2. The van der Waals surface area contributed by atoms with Crippen LogP contribution in [0.2, 0.25) is 0 Å². The van der Waals surface area contributed by atoms with E-state index < -0.39 is 17.6 Å². The summed E-state index contributed by atoms with van der Waals surface area (Å²) < 4.78 is 37.7. The highest BCUT2D eigenvalue weighted by atomic mass is 19.4. The Morgan fingerprint density at radius 2 is 1.91 bits per heavy atom. The quantitative estimate of drug-likeness (QED) is 0.654. The zero-order valence-corrected chi connectivity index (χ0v) is 11.4. The Kier molecular flexibility index (Phi) is 5.05. The van der Waals surface area contributed by atoms with Crippen molar-refractivity contribution in [3.63, 3.8) is 0 Å². The second-order valence-electron chi connectivity index (χ2n) is 4.46. The molecule has 0 saturated heterocycles. The monoisotopic (exact) mass is 310 g/mol. The summed E-state index contributed by atoms with van der Waals surface area (Å²) in [6.45, 7) is 0.292. The first-order valence-electron chi connectivity index (χ1n) is 6.41. The van der Waals surface area contributed by atoms with Crippen LogP contribution in [0.15, 0.2) is 43.0 Å². The smallest absolute Gasteiger partial charge is 0.287 e. The third-order valence-corrected chi connectivity index (χ3v) is 2.82. The highest BCUT2D eigenvalue weighted by Crippen LogP contribution is 2.29. The second-order valence-corrected chi connectivity index (χ2v) is 4.46. The van der Waals surface area contributed by atoms with Gasteiger partial charge in [0, 0.05) is 18.9 Å². The molecule has 0 bridgehead atoms. The zero-order valence-electron chi connectivity index (χ0n) is 11.4. The Labute approximate surface area is 124 Å². The van der Waals surface area contributed by atoms with Gasteiger partial charge in [-0.2, -0.15) is 13.2 Å². The van der Waals surface area contributed by atoms with Crippen LogP contribution in [-0.2, 0) is 12.6 Å². The van der Waals surface area contributed by atoms with Crippen molar-refractivity contribution in [3.05, 3.63) is 59.7 Å². The summed E-state index contributed by atoms with van der Waals surface area (Å²) in [4.78, 5) is 19.1. The van der Waals surface area contributed by atoms with Crippen LogP contribution in [-0.4, -0.2) is 22.4 Å². The molecule has 0 spiro atoms. The molecule has 116 valence electrons. The molecule has 22 heavy (non-hydrogen) atoms. The van der Waals surface area contributed by atoms with Gasteiger partial charge in [0.1, 0.15) is 6.33 Å². The van der Waals surface area contributed by atoms with Crippen molar-refractivity contribution in [3.8, 4) is 0 Å². The van der Waals surface area contributed by atoms with Crippen LogP contribution in [0.25, 0.3) is 0 Å². The predicted octanol–water partition coefficient (Wildman–Crippen LogP) is 1.97. The third kappa shape index (κ3) is 4.52. The first-order valence-corrected chi connectivity index (χ1v) is 6.41. The summed E-state index contributed by atoms with van der Waals surface area (Å²) in [5, 5.41) is 0. The maximum absolute atomic E-state index is 12.6. The largest absolute Gasteiger partial charge is 0.416 e. The number of benzene rings is 1. The minimum Gasteiger partial charge on any atom is -0.287 e. The molecule has 5 nitrogen and oxygen atoms in total. The molecule has 0 saturated carbocycles. The molecular weight excluding hydrogens is 297 g/mol. The lowest BCUT2D eigenvalue weighted by atomic mass is 10.1. The van der Waals surface area contributed by atoms with Crippen molar-refractivity contribution in [2.45, 2.75) is 12.6 Å².